The highest BCUT2D eigenvalue weighted by molar-refractivity contribution is 5.89. The Hall–Kier alpha value is -2.83. The Morgan fingerprint density at radius 1 is 1.32 bits per heavy atom. The summed E-state index contributed by atoms with van der Waals surface area (Å²) in [4.78, 5) is 26.7. The molecule has 1 aliphatic carbocycles. The van der Waals surface area contributed by atoms with E-state index in [-0.39, 0.29) is 24.3 Å². The molecule has 1 aliphatic heterocycles. The van der Waals surface area contributed by atoms with Crippen molar-refractivity contribution in [3.63, 3.8) is 0 Å². The summed E-state index contributed by atoms with van der Waals surface area (Å²) < 4.78 is 10.6. The molecule has 4 rings (SSSR count). The minimum absolute atomic E-state index is 0.0974. The van der Waals surface area contributed by atoms with Gasteiger partial charge in [0.25, 0.3) is 0 Å². The third-order valence-electron chi connectivity index (χ3n) is 5.65. The number of nitrogens with zero attached hydrogens (tertiary/aromatic N) is 2. The second-order valence-electron chi connectivity index (χ2n) is 7.52. The van der Waals surface area contributed by atoms with Crippen LogP contribution in [0.15, 0.2) is 34.9 Å². The van der Waals surface area contributed by atoms with E-state index in [1.54, 1.807) is 13.2 Å². The maximum Gasteiger partial charge on any atom is 0.225 e. The molecule has 1 saturated carbocycles. The van der Waals surface area contributed by atoms with E-state index in [4.69, 9.17) is 9.26 Å². The zero-order valence-electron chi connectivity index (χ0n) is 16.0. The van der Waals surface area contributed by atoms with Crippen LogP contribution in [0.3, 0.4) is 0 Å². The Balaban J connectivity index is 1.33. The Bertz CT molecular complexity index is 857. The minimum Gasteiger partial charge on any atom is -0.497 e. The zero-order valence-corrected chi connectivity index (χ0v) is 16.0. The number of methoxy groups -OCH3 is 1. The van der Waals surface area contributed by atoms with Crippen molar-refractivity contribution in [3.8, 4) is 17.1 Å². The number of hydrogen-bond donors (Lipinski definition) is 1. The van der Waals surface area contributed by atoms with Crippen molar-refractivity contribution in [2.75, 3.05) is 13.7 Å². The summed E-state index contributed by atoms with van der Waals surface area (Å²) >= 11 is 0. The van der Waals surface area contributed by atoms with Crippen LogP contribution in [0.2, 0.25) is 0 Å². The van der Waals surface area contributed by atoms with E-state index in [1.165, 1.54) is 12.8 Å². The van der Waals surface area contributed by atoms with Gasteiger partial charge in [-0.2, -0.15) is 0 Å². The van der Waals surface area contributed by atoms with E-state index < -0.39 is 0 Å². The number of aromatic nitrogens is 1. The second kappa shape index (κ2) is 8.04. The van der Waals surface area contributed by atoms with Gasteiger partial charge >= 0.3 is 0 Å². The van der Waals surface area contributed by atoms with Crippen LogP contribution >= 0.6 is 0 Å². The summed E-state index contributed by atoms with van der Waals surface area (Å²) in [6, 6.07) is 9.65. The van der Waals surface area contributed by atoms with Gasteiger partial charge in [0.1, 0.15) is 11.4 Å². The van der Waals surface area contributed by atoms with Crippen molar-refractivity contribution in [1.82, 2.24) is 15.4 Å². The Morgan fingerprint density at radius 2 is 2.14 bits per heavy atom. The van der Waals surface area contributed by atoms with Gasteiger partial charge in [-0.1, -0.05) is 30.1 Å². The first kappa shape index (κ1) is 18.5. The quantitative estimate of drug-likeness (QED) is 0.829. The van der Waals surface area contributed by atoms with Gasteiger partial charge in [-0.05, 0) is 25.0 Å². The van der Waals surface area contributed by atoms with Gasteiger partial charge in [-0.15, -0.1) is 0 Å². The highest BCUT2D eigenvalue weighted by Gasteiger charge is 2.38. The molecule has 1 aromatic carbocycles. The largest absolute Gasteiger partial charge is 0.497 e. The number of benzene rings is 1. The fourth-order valence-corrected chi connectivity index (χ4v) is 4.11. The average Bonchev–Trinajstić information content (AvgIpc) is 3.46. The van der Waals surface area contributed by atoms with Crippen LogP contribution in [-0.4, -0.2) is 41.6 Å². The van der Waals surface area contributed by atoms with Gasteiger partial charge < -0.3 is 19.5 Å². The number of nitrogens with one attached hydrogen (secondary N) is 1. The van der Waals surface area contributed by atoms with E-state index in [0.717, 1.165) is 24.2 Å². The molecular weight excluding hydrogens is 358 g/mol. The van der Waals surface area contributed by atoms with Gasteiger partial charge in [-0.25, -0.2) is 0 Å². The summed E-state index contributed by atoms with van der Waals surface area (Å²) in [7, 11) is 1.61. The Morgan fingerprint density at radius 3 is 2.93 bits per heavy atom. The molecule has 28 heavy (non-hydrogen) atoms. The Kier molecular flexibility index (Phi) is 5.32. The van der Waals surface area contributed by atoms with Crippen LogP contribution in [0.4, 0.5) is 0 Å². The monoisotopic (exact) mass is 383 g/mol. The first-order chi connectivity index (χ1) is 13.6. The molecule has 1 saturated heterocycles. The smallest absolute Gasteiger partial charge is 0.225 e. The summed E-state index contributed by atoms with van der Waals surface area (Å²) in [5, 5.41) is 6.93. The predicted octanol–water partition coefficient (Wildman–Crippen LogP) is 2.76. The van der Waals surface area contributed by atoms with Crippen molar-refractivity contribution in [2.45, 2.75) is 44.7 Å². The first-order valence-corrected chi connectivity index (χ1v) is 9.81. The topological polar surface area (TPSA) is 84.7 Å². The number of carbonyl (C=O) groups is 2. The summed E-state index contributed by atoms with van der Waals surface area (Å²) in [6.45, 7) is 0.809. The molecule has 7 heteroatoms. The van der Waals surface area contributed by atoms with Crippen LogP contribution in [0.1, 0.15) is 37.8 Å². The van der Waals surface area contributed by atoms with Crippen molar-refractivity contribution in [3.05, 3.63) is 36.0 Å². The normalized spacial score (nSPS) is 20.0. The second-order valence-corrected chi connectivity index (χ2v) is 7.52. The van der Waals surface area contributed by atoms with Crippen molar-refractivity contribution in [2.24, 2.45) is 5.92 Å². The highest BCUT2D eigenvalue weighted by Crippen LogP contribution is 2.29. The van der Waals surface area contributed by atoms with E-state index >= 15 is 0 Å². The standard InChI is InChI=1S/C21H25N3O4/c1-27-18-8-4-5-14(9-18)19-11-16(23-28-19)12-22-21(26)15-10-20(25)24(13-15)17-6-2-3-7-17/h4-5,8-9,11,15,17H,2-3,6-7,10,12-13H2,1H3,(H,22,26)/t15-/m1/s1. The molecule has 148 valence electrons. The molecule has 2 aliphatic rings. The molecule has 0 unspecified atom stereocenters. The maximum atomic E-state index is 12.5. The van der Waals surface area contributed by atoms with Crippen molar-refractivity contribution >= 4 is 11.8 Å². The number of rotatable bonds is 6. The van der Waals surface area contributed by atoms with E-state index in [1.807, 2.05) is 29.2 Å². The molecule has 0 bridgehead atoms. The molecule has 2 heterocycles. The molecule has 1 N–H and O–H groups in total. The molecule has 2 amide bonds. The number of likely N-dealkylation sites (tertiary alicyclic amines) is 1. The third-order valence-corrected chi connectivity index (χ3v) is 5.65. The third kappa shape index (κ3) is 3.88. The number of carbonyl (C=O) groups excluding carboxylic acids is 2. The SMILES string of the molecule is COc1cccc(-c2cc(CNC(=O)[C@@H]3CC(=O)N(C4CCCC4)C3)no2)c1. The van der Waals surface area contributed by atoms with Crippen LogP contribution in [0, 0.1) is 5.92 Å². The fourth-order valence-electron chi connectivity index (χ4n) is 4.11. The lowest BCUT2D eigenvalue weighted by Crippen LogP contribution is -2.36. The van der Waals surface area contributed by atoms with Crippen LogP contribution in [0.25, 0.3) is 11.3 Å². The fraction of sp³-hybridized carbons (Fsp3) is 0.476. The lowest BCUT2D eigenvalue weighted by molar-refractivity contribution is -0.130. The summed E-state index contributed by atoms with van der Waals surface area (Å²) in [5.41, 5.74) is 1.50. The van der Waals surface area contributed by atoms with Gasteiger partial charge in [0, 0.05) is 30.6 Å². The van der Waals surface area contributed by atoms with E-state index in [0.29, 0.717) is 30.5 Å². The summed E-state index contributed by atoms with van der Waals surface area (Å²) in [6.07, 6.45) is 4.77. The minimum atomic E-state index is -0.280. The van der Waals surface area contributed by atoms with Crippen LogP contribution in [0.5, 0.6) is 5.75 Å². The molecule has 1 aromatic heterocycles. The first-order valence-electron chi connectivity index (χ1n) is 9.81. The van der Waals surface area contributed by atoms with Crippen LogP contribution < -0.4 is 10.1 Å². The molecular formula is C21H25N3O4. The van der Waals surface area contributed by atoms with E-state index in [9.17, 15) is 9.59 Å². The lowest BCUT2D eigenvalue weighted by Gasteiger charge is -2.23. The van der Waals surface area contributed by atoms with Crippen LogP contribution in [-0.2, 0) is 16.1 Å². The van der Waals surface area contributed by atoms with Crippen molar-refractivity contribution in [1.29, 1.82) is 0 Å². The molecule has 0 spiro atoms. The lowest BCUT2D eigenvalue weighted by atomic mass is 10.1. The molecule has 2 fully saturated rings. The maximum absolute atomic E-state index is 12.5. The highest BCUT2D eigenvalue weighted by atomic mass is 16.5. The predicted molar refractivity (Wildman–Crippen MR) is 102 cm³/mol. The Labute approximate surface area is 164 Å². The van der Waals surface area contributed by atoms with Gasteiger partial charge in [0.15, 0.2) is 5.76 Å². The number of ether oxygens (including phenoxy) is 1. The molecule has 0 radical (unpaired) electrons. The molecule has 1 atom stereocenters. The summed E-state index contributed by atoms with van der Waals surface area (Å²) in [5.74, 6) is 1.08. The zero-order chi connectivity index (χ0) is 19.5. The van der Waals surface area contributed by atoms with Gasteiger partial charge in [0.2, 0.25) is 11.8 Å². The number of amides is 2. The molecule has 2 aromatic rings. The number of hydrogen-bond acceptors (Lipinski definition) is 5. The van der Waals surface area contributed by atoms with Gasteiger partial charge in [-0.3, -0.25) is 9.59 Å². The van der Waals surface area contributed by atoms with E-state index in [2.05, 4.69) is 10.5 Å². The molecule has 7 nitrogen and oxygen atoms in total. The van der Waals surface area contributed by atoms with Gasteiger partial charge in [0.05, 0.1) is 19.6 Å². The van der Waals surface area contributed by atoms with Crippen molar-refractivity contribution < 1.29 is 18.8 Å². The average molecular weight is 383 g/mol.